The highest BCUT2D eigenvalue weighted by molar-refractivity contribution is 5.96. The van der Waals surface area contributed by atoms with Crippen LogP contribution >= 0.6 is 0 Å². The zero-order valence-electron chi connectivity index (χ0n) is 16.5. The molecule has 6 heteroatoms. The summed E-state index contributed by atoms with van der Waals surface area (Å²) in [6, 6.07) is 18.6. The second kappa shape index (κ2) is 8.73. The molecule has 1 amide bonds. The van der Waals surface area contributed by atoms with E-state index in [-0.39, 0.29) is 5.91 Å². The first kappa shape index (κ1) is 18.9. The minimum Gasteiger partial charge on any atom is -0.457 e. The van der Waals surface area contributed by atoms with Crippen molar-refractivity contribution < 1.29 is 9.53 Å². The van der Waals surface area contributed by atoms with Crippen molar-refractivity contribution in [2.75, 3.05) is 18.0 Å². The predicted octanol–water partition coefficient (Wildman–Crippen LogP) is 4.11. The van der Waals surface area contributed by atoms with Crippen molar-refractivity contribution in [1.82, 2.24) is 15.3 Å². The van der Waals surface area contributed by atoms with Crippen molar-refractivity contribution in [3.8, 4) is 11.5 Å². The fraction of sp³-hybridized carbons (Fsp3) is 0.261. The fourth-order valence-corrected chi connectivity index (χ4v) is 3.39. The highest BCUT2D eigenvalue weighted by Crippen LogP contribution is 2.25. The molecule has 0 radical (unpaired) electrons. The van der Waals surface area contributed by atoms with E-state index in [0.29, 0.717) is 23.6 Å². The van der Waals surface area contributed by atoms with Gasteiger partial charge in [0.05, 0.1) is 17.8 Å². The summed E-state index contributed by atoms with van der Waals surface area (Å²) in [7, 11) is 0. The molecular formula is C23H24N4O2. The second-order valence-electron chi connectivity index (χ2n) is 7.09. The maximum Gasteiger partial charge on any atom is 0.255 e. The number of benzene rings is 2. The van der Waals surface area contributed by atoms with Gasteiger partial charge in [-0.05, 0) is 50.1 Å². The van der Waals surface area contributed by atoms with Crippen LogP contribution in [0.5, 0.6) is 11.5 Å². The number of rotatable bonds is 6. The van der Waals surface area contributed by atoms with Gasteiger partial charge in [-0.15, -0.1) is 0 Å². The molecule has 1 N–H and O–H groups in total. The van der Waals surface area contributed by atoms with Crippen LogP contribution in [0.3, 0.4) is 0 Å². The molecule has 0 aliphatic carbocycles. The number of aryl methyl sites for hydroxylation is 1. The molecule has 0 bridgehead atoms. The number of nitrogens with one attached hydrogen (secondary N) is 1. The molecule has 4 rings (SSSR count). The Kier molecular flexibility index (Phi) is 5.70. The summed E-state index contributed by atoms with van der Waals surface area (Å²) in [6.45, 7) is 4.26. The highest BCUT2D eigenvalue weighted by atomic mass is 16.5. The third-order valence-corrected chi connectivity index (χ3v) is 4.82. The van der Waals surface area contributed by atoms with Gasteiger partial charge >= 0.3 is 0 Å². The largest absolute Gasteiger partial charge is 0.457 e. The number of para-hydroxylation sites is 2. The Hall–Kier alpha value is -3.41. The summed E-state index contributed by atoms with van der Waals surface area (Å²) in [5.74, 6) is 1.76. The molecule has 148 valence electrons. The Morgan fingerprint density at radius 1 is 1.03 bits per heavy atom. The zero-order valence-corrected chi connectivity index (χ0v) is 16.5. The van der Waals surface area contributed by atoms with Gasteiger partial charge in [0.2, 0.25) is 5.95 Å². The van der Waals surface area contributed by atoms with Crippen LogP contribution < -0.4 is 15.0 Å². The first-order valence-electron chi connectivity index (χ1n) is 9.89. The smallest absolute Gasteiger partial charge is 0.255 e. The van der Waals surface area contributed by atoms with Crippen LogP contribution in [0.25, 0.3) is 0 Å². The summed E-state index contributed by atoms with van der Waals surface area (Å²) in [4.78, 5) is 24.2. The molecule has 0 spiro atoms. The van der Waals surface area contributed by atoms with Crippen LogP contribution in [0.1, 0.15) is 34.6 Å². The molecule has 2 aromatic carbocycles. The molecular weight excluding hydrogens is 364 g/mol. The minimum atomic E-state index is -0.199. The number of ether oxygens (including phenoxy) is 1. The number of hydrogen-bond donors (Lipinski definition) is 1. The van der Waals surface area contributed by atoms with Gasteiger partial charge in [-0.3, -0.25) is 4.79 Å². The molecule has 6 nitrogen and oxygen atoms in total. The Balaban J connectivity index is 1.46. The van der Waals surface area contributed by atoms with Crippen molar-refractivity contribution in [2.45, 2.75) is 26.3 Å². The van der Waals surface area contributed by atoms with Gasteiger partial charge in [0.1, 0.15) is 11.5 Å². The number of nitrogens with zero attached hydrogens (tertiary/aromatic N) is 3. The average Bonchev–Trinajstić information content (AvgIpc) is 3.28. The Labute approximate surface area is 170 Å². The van der Waals surface area contributed by atoms with E-state index in [2.05, 4.69) is 20.2 Å². The molecule has 0 unspecified atom stereocenters. The van der Waals surface area contributed by atoms with E-state index in [1.807, 2.05) is 55.5 Å². The lowest BCUT2D eigenvalue weighted by atomic mass is 10.2. The zero-order chi connectivity index (χ0) is 20.1. The van der Waals surface area contributed by atoms with Gasteiger partial charge in [-0.2, -0.15) is 0 Å². The van der Waals surface area contributed by atoms with Crippen molar-refractivity contribution in [3.05, 3.63) is 77.6 Å². The minimum absolute atomic E-state index is 0.199. The molecule has 1 aromatic heterocycles. The number of aromatic nitrogens is 2. The summed E-state index contributed by atoms with van der Waals surface area (Å²) in [6.07, 6.45) is 2.34. The summed E-state index contributed by atoms with van der Waals surface area (Å²) in [5.41, 5.74) is 2.19. The molecule has 1 fully saturated rings. The van der Waals surface area contributed by atoms with Gasteiger partial charge in [-0.1, -0.05) is 30.3 Å². The van der Waals surface area contributed by atoms with Crippen LogP contribution in [0.4, 0.5) is 5.95 Å². The summed E-state index contributed by atoms with van der Waals surface area (Å²) in [5, 5.41) is 2.96. The van der Waals surface area contributed by atoms with Crippen molar-refractivity contribution in [1.29, 1.82) is 0 Å². The van der Waals surface area contributed by atoms with Crippen LogP contribution in [-0.4, -0.2) is 29.0 Å². The van der Waals surface area contributed by atoms with E-state index in [4.69, 9.17) is 4.74 Å². The second-order valence-corrected chi connectivity index (χ2v) is 7.09. The van der Waals surface area contributed by atoms with Crippen molar-refractivity contribution in [3.63, 3.8) is 0 Å². The van der Waals surface area contributed by atoms with E-state index < -0.39 is 0 Å². The van der Waals surface area contributed by atoms with Crippen molar-refractivity contribution >= 4 is 11.9 Å². The predicted molar refractivity (Wildman–Crippen MR) is 112 cm³/mol. The SMILES string of the molecule is Cc1cc(CNC(=O)c2ccccc2Oc2ccccc2)nc(N2CCCC2)n1. The first-order chi connectivity index (χ1) is 14.2. The van der Waals surface area contributed by atoms with Gasteiger partial charge in [0.15, 0.2) is 0 Å². The number of amides is 1. The van der Waals surface area contributed by atoms with Crippen LogP contribution in [-0.2, 0) is 6.54 Å². The van der Waals surface area contributed by atoms with Gasteiger partial charge in [0.25, 0.3) is 5.91 Å². The first-order valence-corrected chi connectivity index (χ1v) is 9.89. The quantitative estimate of drug-likeness (QED) is 0.688. The lowest BCUT2D eigenvalue weighted by Gasteiger charge is -2.17. The normalized spacial score (nSPS) is 13.3. The Bertz CT molecular complexity index is 985. The van der Waals surface area contributed by atoms with Gasteiger partial charge < -0.3 is 15.0 Å². The number of carbonyl (C=O) groups is 1. The van der Waals surface area contributed by atoms with Gasteiger partial charge in [-0.25, -0.2) is 9.97 Å². The maximum atomic E-state index is 12.8. The van der Waals surface area contributed by atoms with Crippen molar-refractivity contribution in [2.24, 2.45) is 0 Å². The molecule has 29 heavy (non-hydrogen) atoms. The average molecular weight is 388 g/mol. The van der Waals surface area contributed by atoms with E-state index in [9.17, 15) is 4.79 Å². The number of anilines is 1. The summed E-state index contributed by atoms with van der Waals surface area (Å²) < 4.78 is 5.90. The lowest BCUT2D eigenvalue weighted by Crippen LogP contribution is -2.25. The monoisotopic (exact) mass is 388 g/mol. The molecule has 1 aliphatic rings. The van der Waals surface area contributed by atoms with E-state index in [1.54, 1.807) is 12.1 Å². The van der Waals surface area contributed by atoms with E-state index >= 15 is 0 Å². The number of hydrogen-bond acceptors (Lipinski definition) is 5. The Morgan fingerprint density at radius 2 is 1.76 bits per heavy atom. The van der Waals surface area contributed by atoms with Crippen LogP contribution in [0.2, 0.25) is 0 Å². The molecule has 3 aromatic rings. The molecule has 1 aliphatic heterocycles. The van der Waals surface area contributed by atoms with E-state index in [1.165, 1.54) is 12.8 Å². The Morgan fingerprint density at radius 3 is 2.55 bits per heavy atom. The molecule has 0 atom stereocenters. The van der Waals surface area contributed by atoms with E-state index in [0.717, 1.165) is 30.4 Å². The topological polar surface area (TPSA) is 67.3 Å². The standard InChI is InChI=1S/C23H24N4O2/c1-17-15-18(26-23(25-17)27-13-7-8-14-27)16-24-22(28)20-11-5-6-12-21(20)29-19-9-3-2-4-10-19/h2-6,9-12,15H,7-8,13-14,16H2,1H3,(H,24,28). The molecule has 1 saturated heterocycles. The molecule has 2 heterocycles. The number of carbonyl (C=O) groups excluding carboxylic acids is 1. The molecule has 0 saturated carbocycles. The van der Waals surface area contributed by atoms with Gasteiger partial charge in [0, 0.05) is 18.8 Å². The third kappa shape index (κ3) is 4.71. The van der Waals surface area contributed by atoms with Crippen LogP contribution in [0.15, 0.2) is 60.7 Å². The summed E-state index contributed by atoms with van der Waals surface area (Å²) >= 11 is 0. The van der Waals surface area contributed by atoms with Crippen LogP contribution in [0, 0.1) is 6.92 Å². The highest BCUT2D eigenvalue weighted by Gasteiger charge is 2.17. The lowest BCUT2D eigenvalue weighted by molar-refractivity contribution is 0.0948. The third-order valence-electron chi connectivity index (χ3n) is 4.82. The maximum absolute atomic E-state index is 12.8. The fourth-order valence-electron chi connectivity index (χ4n) is 3.39.